The minimum atomic E-state index is -0.414. The Bertz CT molecular complexity index is 1320. The van der Waals surface area contributed by atoms with Crippen LogP contribution < -0.4 is 4.90 Å². The molecule has 2 aromatic carbocycles. The number of fused-ring (bicyclic) bond motifs is 4. The number of alkyl halides is 1. The van der Waals surface area contributed by atoms with Crippen molar-refractivity contribution in [3.05, 3.63) is 63.0 Å². The predicted molar refractivity (Wildman–Crippen MR) is 117 cm³/mol. The maximum Gasteiger partial charge on any atom is 0.270 e. The quantitative estimate of drug-likeness (QED) is 0.256. The van der Waals surface area contributed by atoms with Gasteiger partial charge in [-0.3, -0.25) is 10.1 Å². The summed E-state index contributed by atoms with van der Waals surface area (Å²) >= 11 is 6.33. The number of aromatic hydroxyl groups is 1. The van der Waals surface area contributed by atoms with Gasteiger partial charge in [0.15, 0.2) is 0 Å². The van der Waals surface area contributed by atoms with E-state index in [1.54, 1.807) is 12.1 Å². The van der Waals surface area contributed by atoms with E-state index in [1.807, 2.05) is 19.9 Å². The van der Waals surface area contributed by atoms with Crippen molar-refractivity contribution < 1.29 is 14.4 Å². The highest BCUT2D eigenvalue weighted by atomic mass is 35.5. The van der Waals surface area contributed by atoms with Gasteiger partial charge in [-0.2, -0.15) is 0 Å². The molecule has 7 nitrogen and oxygen atoms in total. The third-order valence-electron chi connectivity index (χ3n) is 6.06. The van der Waals surface area contributed by atoms with Gasteiger partial charge in [0.1, 0.15) is 17.1 Å². The number of hydrogen-bond acceptors (Lipinski definition) is 5. The van der Waals surface area contributed by atoms with Gasteiger partial charge in [0.05, 0.1) is 17.0 Å². The number of halogens is 1. The summed E-state index contributed by atoms with van der Waals surface area (Å²) in [6.07, 6.45) is 0. The van der Waals surface area contributed by atoms with Gasteiger partial charge in [0.25, 0.3) is 5.69 Å². The largest absolute Gasteiger partial charge is 0.506 e. The van der Waals surface area contributed by atoms with E-state index in [-0.39, 0.29) is 17.4 Å². The number of nitrogens with one attached hydrogen (secondary N) is 1. The van der Waals surface area contributed by atoms with Crippen molar-refractivity contribution in [1.82, 2.24) is 4.98 Å². The molecule has 0 saturated heterocycles. The normalized spacial score (nSPS) is 16.0. The average Bonchev–Trinajstić information content (AvgIpc) is 3.36. The van der Waals surface area contributed by atoms with Crippen LogP contribution in [-0.2, 0) is 6.54 Å². The highest BCUT2D eigenvalue weighted by molar-refractivity contribution is 6.18. The number of nitro benzene ring substituents is 1. The van der Waals surface area contributed by atoms with Crippen molar-refractivity contribution in [2.24, 2.45) is 0 Å². The number of H-pyrrole nitrogens is 1. The average molecular weight is 426 g/mol. The van der Waals surface area contributed by atoms with Crippen LogP contribution in [0.15, 0.2) is 34.7 Å². The Balaban J connectivity index is 1.58. The predicted octanol–water partition coefficient (Wildman–Crippen LogP) is 5.49. The van der Waals surface area contributed by atoms with E-state index >= 15 is 0 Å². The topological polar surface area (TPSA) is 95.5 Å². The molecule has 30 heavy (non-hydrogen) atoms. The number of rotatable bonds is 4. The summed E-state index contributed by atoms with van der Waals surface area (Å²) in [5.74, 6) is 1.51. The lowest BCUT2D eigenvalue weighted by Crippen LogP contribution is -2.21. The summed E-state index contributed by atoms with van der Waals surface area (Å²) in [7, 11) is 0. The van der Waals surface area contributed by atoms with Crippen molar-refractivity contribution in [1.29, 1.82) is 0 Å². The second kappa shape index (κ2) is 6.67. The minimum Gasteiger partial charge on any atom is -0.506 e. The Morgan fingerprint density at radius 1 is 1.33 bits per heavy atom. The van der Waals surface area contributed by atoms with Crippen molar-refractivity contribution in [3.63, 3.8) is 0 Å². The molecule has 0 amide bonds. The molecule has 0 unspecified atom stereocenters. The number of aryl methyl sites for hydroxylation is 2. The molecule has 2 N–H and O–H groups in total. The van der Waals surface area contributed by atoms with Crippen LogP contribution in [0.4, 0.5) is 11.4 Å². The van der Waals surface area contributed by atoms with Gasteiger partial charge in [-0.05, 0) is 37.1 Å². The molecule has 0 bridgehead atoms. The molecule has 0 spiro atoms. The fourth-order valence-electron chi connectivity index (χ4n) is 4.53. The van der Waals surface area contributed by atoms with Crippen LogP contribution in [0.3, 0.4) is 0 Å². The molecule has 0 aliphatic carbocycles. The van der Waals surface area contributed by atoms with Crippen LogP contribution in [-0.4, -0.2) is 27.4 Å². The van der Waals surface area contributed by atoms with E-state index in [2.05, 4.69) is 9.88 Å². The summed E-state index contributed by atoms with van der Waals surface area (Å²) in [6, 6.07) is 8.20. The number of nitrogens with zero attached hydrogens (tertiary/aromatic N) is 2. The molecule has 1 atom stereocenters. The number of anilines is 1. The first-order chi connectivity index (χ1) is 14.4. The fraction of sp³-hybridized carbons (Fsp3) is 0.273. The first kappa shape index (κ1) is 18.8. The van der Waals surface area contributed by atoms with Crippen LogP contribution in [0.5, 0.6) is 5.75 Å². The molecule has 154 valence electrons. The zero-order valence-electron chi connectivity index (χ0n) is 16.5. The molecule has 8 heteroatoms. The molecule has 0 fully saturated rings. The number of benzene rings is 2. The summed E-state index contributed by atoms with van der Waals surface area (Å²) in [4.78, 5) is 16.0. The Labute approximate surface area is 177 Å². The van der Waals surface area contributed by atoms with Crippen molar-refractivity contribution in [2.45, 2.75) is 26.3 Å². The zero-order chi connectivity index (χ0) is 21.2. The molecular formula is C22H20ClN3O4. The van der Waals surface area contributed by atoms with Crippen molar-refractivity contribution in [2.75, 3.05) is 17.3 Å². The lowest BCUT2D eigenvalue weighted by atomic mass is 9.96. The monoisotopic (exact) mass is 425 g/mol. The van der Waals surface area contributed by atoms with Gasteiger partial charge in [-0.15, -0.1) is 11.6 Å². The lowest BCUT2D eigenvalue weighted by Gasteiger charge is -2.18. The van der Waals surface area contributed by atoms with E-state index in [1.165, 1.54) is 12.1 Å². The molecule has 5 rings (SSSR count). The summed E-state index contributed by atoms with van der Waals surface area (Å²) in [6.45, 7) is 5.24. The van der Waals surface area contributed by atoms with Crippen LogP contribution in [0, 0.1) is 24.0 Å². The van der Waals surface area contributed by atoms with Crippen LogP contribution in [0.1, 0.15) is 28.5 Å². The zero-order valence-corrected chi connectivity index (χ0v) is 17.3. The van der Waals surface area contributed by atoms with Crippen molar-refractivity contribution in [3.8, 4) is 5.75 Å². The van der Waals surface area contributed by atoms with Crippen LogP contribution in [0.25, 0.3) is 21.9 Å². The smallest absolute Gasteiger partial charge is 0.270 e. The van der Waals surface area contributed by atoms with E-state index in [4.69, 9.17) is 16.0 Å². The number of hydrogen-bond donors (Lipinski definition) is 2. The van der Waals surface area contributed by atoms with E-state index < -0.39 is 4.92 Å². The summed E-state index contributed by atoms with van der Waals surface area (Å²) < 4.78 is 5.93. The van der Waals surface area contributed by atoms with Gasteiger partial charge >= 0.3 is 0 Å². The Morgan fingerprint density at radius 2 is 2.13 bits per heavy atom. The van der Waals surface area contributed by atoms with E-state index in [0.717, 1.165) is 33.4 Å². The number of phenolic OH excluding ortho intramolecular Hbond substituents is 1. The molecule has 3 heterocycles. The molecule has 0 radical (unpaired) electrons. The van der Waals surface area contributed by atoms with Gasteiger partial charge in [-0.25, -0.2) is 0 Å². The summed E-state index contributed by atoms with van der Waals surface area (Å²) in [5.41, 5.74) is 5.63. The third kappa shape index (κ3) is 2.73. The molecule has 1 aliphatic rings. The summed E-state index contributed by atoms with van der Waals surface area (Å²) in [5, 5.41) is 23.4. The molecule has 0 saturated carbocycles. The Kier molecular flexibility index (Phi) is 4.18. The highest BCUT2D eigenvalue weighted by Crippen LogP contribution is 2.47. The first-order valence-electron chi connectivity index (χ1n) is 9.70. The highest BCUT2D eigenvalue weighted by Gasteiger charge is 2.33. The maximum atomic E-state index is 11.0. The second-order valence-electron chi connectivity index (χ2n) is 7.88. The van der Waals surface area contributed by atoms with Crippen LogP contribution >= 0.6 is 11.6 Å². The van der Waals surface area contributed by atoms with Gasteiger partial charge in [-0.1, -0.05) is 0 Å². The molecule has 1 aliphatic heterocycles. The second-order valence-corrected chi connectivity index (χ2v) is 8.19. The number of non-ortho nitro benzene ring substituents is 1. The van der Waals surface area contributed by atoms with Gasteiger partial charge < -0.3 is 19.4 Å². The maximum absolute atomic E-state index is 11.0. The number of phenols is 1. The first-order valence-corrected chi connectivity index (χ1v) is 10.2. The number of aromatic nitrogens is 1. The minimum absolute atomic E-state index is 0.0363. The number of furan rings is 1. The standard InChI is InChI=1S/C22H20ClN3O4/c1-11-12(2)24-22-18(27)7-17-21(20(11)22)14(8-23)9-25(17)10-16-6-13-5-15(26(28)29)3-4-19(13)30-16/h3-7,14,24,27H,8-10H2,1-2H3/t14-/m1/s1. The molecular weight excluding hydrogens is 406 g/mol. The van der Waals surface area contributed by atoms with E-state index in [9.17, 15) is 15.2 Å². The van der Waals surface area contributed by atoms with Gasteiger partial charge in [0, 0.05) is 58.7 Å². The lowest BCUT2D eigenvalue weighted by molar-refractivity contribution is -0.384. The van der Waals surface area contributed by atoms with Crippen molar-refractivity contribution >= 4 is 44.8 Å². The number of aromatic amines is 1. The molecule has 2 aromatic heterocycles. The Hall–Kier alpha value is -3.19. The third-order valence-corrected chi connectivity index (χ3v) is 6.43. The SMILES string of the molecule is Cc1[nH]c2c(O)cc3c(c2c1C)[C@H](CCl)CN3Cc1cc2cc([N+](=O)[O-])ccc2o1. The van der Waals surface area contributed by atoms with Crippen LogP contribution in [0.2, 0.25) is 0 Å². The molecule has 4 aromatic rings. The Morgan fingerprint density at radius 3 is 2.87 bits per heavy atom. The van der Waals surface area contributed by atoms with Gasteiger partial charge in [0.2, 0.25) is 0 Å². The van der Waals surface area contributed by atoms with E-state index in [0.29, 0.717) is 35.7 Å². The number of nitro groups is 1. The fourth-order valence-corrected chi connectivity index (χ4v) is 4.78.